The van der Waals surface area contributed by atoms with Gasteiger partial charge in [0.1, 0.15) is 0 Å². The van der Waals surface area contributed by atoms with E-state index in [-0.39, 0.29) is 5.75 Å². The first-order valence-electron chi connectivity index (χ1n) is 9.42. The van der Waals surface area contributed by atoms with Gasteiger partial charge in [-0.05, 0) is 43.9 Å². The minimum atomic E-state index is -0.603. The van der Waals surface area contributed by atoms with Gasteiger partial charge in [-0.2, -0.15) is 0 Å². The molecule has 3 rings (SSSR count). The first-order valence-corrected chi connectivity index (χ1v) is 9.42. The van der Waals surface area contributed by atoms with Crippen LogP contribution >= 0.6 is 0 Å². The number of aliphatic imine (C=N–C) groups is 1. The molecule has 1 unspecified atom stereocenters. The Morgan fingerprint density at radius 2 is 2.12 bits per heavy atom. The molecule has 1 aliphatic carbocycles. The smallest absolute Gasteiger partial charge is 0.191 e. The van der Waals surface area contributed by atoms with Crippen molar-refractivity contribution in [3.05, 3.63) is 29.6 Å². The Balaban J connectivity index is 1.56. The summed E-state index contributed by atoms with van der Waals surface area (Å²) in [5.41, 5.74) is 0.742. The molecule has 1 saturated heterocycles. The Labute approximate surface area is 149 Å². The average molecular weight is 348 g/mol. The predicted octanol–water partition coefficient (Wildman–Crippen LogP) is 2.60. The summed E-state index contributed by atoms with van der Waals surface area (Å²) in [5.74, 6) is -0.154. The maximum Gasteiger partial charge on any atom is 0.191 e. The number of phenolic OH excluding ortho intramolecular Hbond substituents is 1. The first-order chi connectivity index (χ1) is 12.2. The molecule has 1 aromatic carbocycles. The molecule has 0 spiro atoms. The van der Waals surface area contributed by atoms with Crippen molar-refractivity contribution >= 4 is 5.96 Å². The topological polar surface area (TPSA) is 59.9 Å². The molecular formula is C19H29FN4O. The van der Waals surface area contributed by atoms with Crippen LogP contribution in [0.3, 0.4) is 0 Å². The van der Waals surface area contributed by atoms with E-state index in [9.17, 15) is 9.50 Å². The second-order valence-corrected chi connectivity index (χ2v) is 7.04. The van der Waals surface area contributed by atoms with Crippen molar-refractivity contribution < 1.29 is 9.50 Å². The van der Waals surface area contributed by atoms with Gasteiger partial charge >= 0.3 is 0 Å². The van der Waals surface area contributed by atoms with Gasteiger partial charge in [-0.25, -0.2) is 9.38 Å². The summed E-state index contributed by atoms with van der Waals surface area (Å²) in [6, 6.07) is 5.58. The molecule has 1 aliphatic heterocycles. The Morgan fingerprint density at radius 1 is 1.32 bits per heavy atom. The zero-order valence-corrected chi connectivity index (χ0v) is 15.0. The van der Waals surface area contributed by atoms with E-state index in [1.54, 1.807) is 6.07 Å². The lowest BCUT2D eigenvalue weighted by Gasteiger charge is -2.24. The van der Waals surface area contributed by atoms with E-state index in [4.69, 9.17) is 0 Å². The van der Waals surface area contributed by atoms with E-state index in [0.29, 0.717) is 12.6 Å². The third-order valence-corrected chi connectivity index (χ3v) is 5.18. The lowest BCUT2D eigenvalue weighted by Crippen LogP contribution is -2.45. The van der Waals surface area contributed by atoms with Crippen LogP contribution in [0.15, 0.2) is 23.2 Å². The highest BCUT2D eigenvalue weighted by molar-refractivity contribution is 5.80. The summed E-state index contributed by atoms with van der Waals surface area (Å²) in [4.78, 5) is 7.18. The van der Waals surface area contributed by atoms with Crippen LogP contribution < -0.4 is 10.6 Å². The van der Waals surface area contributed by atoms with Crippen molar-refractivity contribution in [2.45, 2.75) is 57.7 Å². The number of hydrogen-bond donors (Lipinski definition) is 3. The van der Waals surface area contributed by atoms with Crippen molar-refractivity contribution in [2.75, 3.05) is 19.6 Å². The molecule has 1 aromatic rings. The lowest BCUT2D eigenvalue weighted by atomic mass is 10.2. The molecule has 5 nitrogen and oxygen atoms in total. The quantitative estimate of drug-likeness (QED) is 0.565. The molecule has 0 radical (unpaired) electrons. The van der Waals surface area contributed by atoms with Gasteiger partial charge < -0.3 is 15.7 Å². The minimum absolute atomic E-state index is 0.323. The van der Waals surface area contributed by atoms with Crippen LogP contribution in [-0.2, 0) is 6.54 Å². The Hall–Kier alpha value is -1.82. The molecule has 1 heterocycles. The number of hydrogen-bond acceptors (Lipinski definition) is 3. The van der Waals surface area contributed by atoms with E-state index in [1.165, 1.54) is 37.8 Å². The molecule has 0 bridgehead atoms. The van der Waals surface area contributed by atoms with Crippen molar-refractivity contribution in [3.8, 4) is 5.75 Å². The monoisotopic (exact) mass is 348 g/mol. The molecule has 2 fully saturated rings. The molecule has 138 valence electrons. The maximum atomic E-state index is 13.4. The molecule has 2 aliphatic rings. The van der Waals surface area contributed by atoms with Crippen molar-refractivity contribution in [1.29, 1.82) is 0 Å². The largest absolute Gasteiger partial charge is 0.505 e. The molecular weight excluding hydrogens is 319 g/mol. The highest BCUT2D eigenvalue weighted by Crippen LogP contribution is 2.26. The maximum absolute atomic E-state index is 13.4. The van der Waals surface area contributed by atoms with Gasteiger partial charge in [0.05, 0.1) is 6.54 Å². The number of halogens is 1. The number of nitrogens with one attached hydrogen (secondary N) is 2. The fourth-order valence-corrected chi connectivity index (χ4v) is 3.84. The van der Waals surface area contributed by atoms with Gasteiger partial charge in [-0.1, -0.05) is 18.9 Å². The van der Waals surface area contributed by atoms with Gasteiger partial charge in [-0.3, -0.25) is 4.90 Å². The van der Waals surface area contributed by atoms with Gasteiger partial charge in [0, 0.05) is 31.7 Å². The summed E-state index contributed by atoms with van der Waals surface area (Å²) in [5, 5.41) is 16.1. The van der Waals surface area contributed by atoms with Crippen LogP contribution in [0.1, 0.15) is 44.6 Å². The molecule has 25 heavy (non-hydrogen) atoms. The van der Waals surface area contributed by atoms with E-state index in [1.807, 2.05) is 6.92 Å². The standard InChI is InChI=1S/C19H29FN4O/c1-2-21-19(22-12-14-7-8-18(25)17(20)11-14)23-15-9-10-24(13-15)16-5-3-4-6-16/h7-8,11,15-16,25H,2-6,9-10,12-13H2,1H3,(H2,21,22,23). The summed E-state index contributed by atoms with van der Waals surface area (Å²) in [6.45, 7) is 5.44. The fourth-order valence-electron chi connectivity index (χ4n) is 3.84. The highest BCUT2D eigenvalue weighted by Gasteiger charge is 2.30. The minimum Gasteiger partial charge on any atom is -0.505 e. The zero-order chi connectivity index (χ0) is 17.6. The van der Waals surface area contributed by atoms with Crippen LogP contribution in [0, 0.1) is 5.82 Å². The first kappa shape index (κ1) is 18.0. The molecule has 6 heteroatoms. The van der Waals surface area contributed by atoms with Crippen LogP contribution in [0.2, 0.25) is 0 Å². The molecule has 1 saturated carbocycles. The normalized spacial score (nSPS) is 22.5. The number of rotatable bonds is 5. The molecule has 0 amide bonds. The van der Waals surface area contributed by atoms with Crippen LogP contribution in [0.4, 0.5) is 4.39 Å². The van der Waals surface area contributed by atoms with Crippen LogP contribution in [-0.4, -0.2) is 47.7 Å². The Bertz CT molecular complexity index is 601. The summed E-state index contributed by atoms with van der Waals surface area (Å²) < 4.78 is 13.4. The SMILES string of the molecule is CCNC(=NCc1ccc(O)c(F)c1)NC1CCN(C2CCCC2)C1. The van der Waals surface area contributed by atoms with E-state index in [0.717, 1.165) is 43.6 Å². The Morgan fingerprint density at radius 3 is 2.84 bits per heavy atom. The van der Waals surface area contributed by atoms with Crippen molar-refractivity contribution in [2.24, 2.45) is 4.99 Å². The van der Waals surface area contributed by atoms with Crippen LogP contribution in [0.25, 0.3) is 0 Å². The molecule has 3 N–H and O–H groups in total. The third kappa shape index (κ3) is 4.84. The number of aromatic hydroxyl groups is 1. The number of phenols is 1. The summed E-state index contributed by atoms with van der Waals surface area (Å²) in [7, 11) is 0. The average Bonchev–Trinajstić information content (AvgIpc) is 3.27. The third-order valence-electron chi connectivity index (χ3n) is 5.18. The predicted molar refractivity (Wildman–Crippen MR) is 98.3 cm³/mol. The van der Waals surface area contributed by atoms with Crippen molar-refractivity contribution in [1.82, 2.24) is 15.5 Å². The molecule has 0 aromatic heterocycles. The second kappa shape index (κ2) is 8.52. The summed E-state index contributed by atoms with van der Waals surface area (Å²) in [6.07, 6.45) is 6.55. The molecule has 1 atom stereocenters. The number of guanidine groups is 1. The number of nitrogens with zero attached hydrogens (tertiary/aromatic N) is 2. The fraction of sp³-hybridized carbons (Fsp3) is 0.632. The highest BCUT2D eigenvalue weighted by atomic mass is 19.1. The van der Waals surface area contributed by atoms with Crippen LogP contribution in [0.5, 0.6) is 5.75 Å². The van der Waals surface area contributed by atoms with E-state index >= 15 is 0 Å². The van der Waals surface area contributed by atoms with Gasteiger partial charge in [-0.15, -0.1) is 0 Å². The number of likely N-dealkylation sites (tertiary alicyclic amines) is 1. The van der Waals surface area contributed by atoms with Crippen molar-refractivity contribution in [3.63, 3.8) is 0 Å². The van der Waals surface area contributed by atoms with Gasteiger partial charge in [0.15, 0.2) is 17.5 Å². The van der Waals surface area contributed by atoms with E-state index < -0.39 is 5.82 Å². The zero-order valence-electron chi connectivity index (χ0n) is 15.0. The Kier molecular flexibility index (Phi) is 6.13. The van der Waals surface area contributed by atoms with Gasteiger partial charge in [0.2, 0.25) is 0 Å². The summed E-state index contributed by atoms with van der Waals surface area (Å²) >= 11 is 0. The number of benzene rings is 1. The lowest BCUT2D eigenvalue weighted by molar-refractivity contribution is 0.242. The second-order valence-electron chi connectivity index (χ2n) is 7.04. The van der Waals surface area contributed by atoms with Gasteiger partial charge in [0.25, 0.3) is 0 Å². The van der Waals surface area contributed by atoms with E-state index in [2.05, 4.69) is 20.5 Å².